The molecule has 0 spiro atoms. The number of aromatic carboxylic acids is 1. The fourth-order valence-electron chi connectivity index (χ4n) is 1.77. The predicted molar refractivity (Wildman–Crippen MR) is 69.7 cm³/mol. The van der Waals surface area contributed by atoms with Crippen LogP contribution in [0.15, 0.2) is 42.5 Å². The molecule has 2 aromatic rings. The third-order valence-corrected chi connectivity index (χ3v) is 2.87. The van der Waals surface area contributed by atoms with Gasteiger partial charge in [-0.05, 0) is 24.6 Å². The van der Waals surface area contributed by atoms with Crippen LogP contribution in [0.5, 0.6) is 5.75 Å². The molecule has 2 aromatic carbocycles. The molecular formula is C15H12O4. The van der Waals surface area contributed by atoms with Gasteiger partial charge in [0.05, 0.1) is 5.56 Å². The van der Waals surface area contributed by atoms with Gasteiger partial charge in [-0.25, -0.2) is 4.79 Å². The molecule has 0 aliphatic carbocycles. The summed E-state index contributed by atoms with van der Waals surface area (Å²) in [4.78, 5) is 23.3. The van der Waals surface area contributed by atoms with Crippen LogP contribution in [0.3, 0.4) is 0 Å². The summed E-state index contributed by atoms with van der Waals surface area (Å²) in [5, 5.41) is 18.7. The zero-order valence-electron chi connectivity index (χ0n) is 10.3. The molecule has 4 heteroatoms. The first kappa shape index (κ1) is 12.8. The van der Waals surface area contributed by atoms with Crippen LogP contribution >= 0.6 is 0 Å². The summed E-state index contributed by atoms with van der Waals surface area (Å²) in [6.45, 7) is 1.72. The van der Waals surface area contributed by atoms with Crippen molar-refractivity contribution >= 4 is 11.8 Å². The third kappa shape index (κ3) is 2.47. The number of aryl methyl sites for hydroxylation is 1. The highest BCUT2D eigenvalue weighted by Crippen LogP contribution is 2.21. The Hall–Kier alpha value is -2.62. The minimum atomic E-state index is -1.15. The Morgan fingerprint density at radius 2 is 1.63 bits per heavy atom. The largest absolute Gasteiger partial charge is 0.508 e. The first-order valence-corrected chi connectivity index (χ1v) is 5.67. The van der Waals surface area contributed by atoms with Crippen molar-refractivity contribution in [1.82, 2.24) is 0 Å². The summed E-state index contributed by atoms with van der Waals surface area (Å²) >= 11 is 0. The number of phenols is 1. The Morgan fingerprint density at radius 1 is 1.00 bits per heavy atom. The molecular weight excluding hydrogens is 244 g/mol. The van der Waals surface area contributed by atoms with E-state index in [4.69, 9.17) is 5.11 Å². The number of carbonyl (C=O) groups is 2. The Kier molecular flexibility index (Phi) is 3.33. The standard InChI is InChI=1S/C15H12O4/c1-9-6-7-10(8-13(9)16)14(17)11-4-2-3-5-12(11)15(18)19/h2-8,16H,1H3,(H,18,19). The fraction of sp³-hybridized carbons (Fsp3) is 0.0667. The molecule has 96 valence electrons. The first-order chi connectivity index (χ1) is 9.00. The van der Waals surface area contributed by atoms with Crippen molar-refractivity contribution in [1.29, 1.82) is 0 Å². The van der Waals surface area contributed by atoms with Gasteiger partial charge in [-0.3, -0.25) is 4.79 Å². The lowest BCUT2D eigenvalue weighted by Gasteiger charge is -2.06. The van der Waals surface area contributed by atoms with E-state index in [0.717, 1.165) is 0 Å². The van der Waals surface area contributed by atoms with Gasteiger partial charge in [0.2, 0.25) is 0 Å². The first-order valence-electron chi connectivity index (χ1n) is 5.67. The topological polar surface area (TPSA) is 74.6 Å². The van der Waals surface area contributed by atoms with E-state index in [0.29, 0.717) is 5.56 Å². The molecule has 0 saturated carbocycles. The molecule has 0 unspecified atom stereocenters. The van der Waals surface area contributed by atoms with E-state index in [1.807, 2.05) is 0 Å². The average Bonchev–Trinajstić information content (AvgIpc) is 2.41. The highest BCUT2D eigenvalue weighted by atomic mass is 16.4. The average molecular weight is 256 g/mol. The van der Waals surface area contributed by atoms with Crippen LogP contribution in [0.4, 0.5) is 0 Å². The number of carboxylic acid groups (broad SMARTS) is 1. The van der Waals surface area contributed by atoms with Gasteiger partial charge in [0.15, 0.2) is 5.78 Å². The molecule has 0 radical (unpaired) electrons. The molecule has 0 atom stereocenters. The smallest absolute Gasteiger partial charge is 0.336 e. The summed E-state index contributed by atoms with van der Waals surface area (Å²) in [5.41, 5.74) is 0.977. The summed E-state index contributed by atoms with van der Waals surface area (Å²) in [6.07, 6.45) is 0. The number of phenolic OH excluding ortho intramolecular Hbond substituents is 1. The number of benzene rings is 2. The van der Waals surface area contributed by atoms with E-state index >= 15 is 0 Å². The Balaban J connectivity index is 2.50. The molecule has 0 saturated heterocycles. The zero-order chi connectivity index (χ0) is 14.0. The fourth-order valence-corrected chi connectivity index (χ4v) is 1.77. The number of carboxylic acids is 1. The van der Waals surface area contributed by atoms with Crippen LogP contribution in [-0.4, -0.2) is 22.0 Å². The van der Waals surface area contributed by atoms with Crippen LogP contribution in [0, 0.1) is 6.92 Å². The molecule has 0 amide bonds. The van der Waals surface area contributed by atoms with E-state index in [1.165, 1.54) is 18.2 Å². The van der Waals surface area contributed by atoms with Crippen molar-refractivity contribution in [3.05, 3.63) is 64.7 Å². The van der Waals surface area contributed by atoms with Crippen molar-refractivity contribution in [3.8, 4) is 5.75 Å². The number of hydrogen-bond donors (Lipinski definition) is 2. The molecule has 4 nitrogen and oxygen atoms in total. The van der Waals surface area contributed by atoms with E-state index in [1.54, 1.807) is 31.2 Å². The molecule has 0 heterocycles. The van der Waals surface area contributed by atoms with E-state index in [9.17, 15) is 14.7 Å². The quantitative estimate of drug-likeness (QED) is 0.828. The molecule has 0 aliphatic heterocycles. The minimum absolute atomic E-state index is 0.0126. The maximum atomic E-state index is 12.3. The third-order valence-electron chi connectivity index (χ3n) is 2.87. The maximum absolute atomic E-state index is 12.3. The maximum Gasteiger partial charge on any atom is 0.336 e. The molecule has 2 N–H and O–H groups in total. The van der Waals surface area contributed by atoms with Gasteiger partial charge in [-0.2, -0.15) is 0 Å². The summed E-state index contributed by atoms with van der Waals surface area (Å²) < 4.78 is 0. The van der Waals surface area contributed by atoms with E-state index in [-0.39, 0.29) is 22.4 Å². The normalized spacial score (nSPS) is 10.2. The Labute approximate surface area is 109 Å². The number of carbonyl (C=O) groups excluding carboxylic acids is 1. The molecule has 2 rings (SSSR count). The van der Waals surface area contributed by atoms with Gasteiger partial charge >= 0.3 is 5.97 Å². The summed E-state index contributed by atoms with van der Waals surface area (Å²) in [5.74, 6) is -1.56. The van der Waals surface area contributed by atoms with Crippen molar-refractivity contribution < 1.29 is 19.8 Å². The molecule has 0 aromatic heterocycles. The SMILES string of the molecule is Cc1ccc(C(=O)c2ccccc2C(=O)O)cc1O. The van der Waals surface area contributed by atoms with Crippen LogP contribution < -0.4 is 0 Å². The second kappa shape index (κ2) is 4.94. The number of hydrogen-bond acceptors (Lipinski definition) is 3. The van der Waals surface area contributed by atoms with Crippen molar-refractivity contribution in [2.24, 2.45) is 0 Å². The number of ketones is 1. The predicted octanol–water partition coefficient (Wildman–Crippen LogP) is 2.63. The van der Waals surface area contributed by atoms with Crippen LogP contribution in [-0.2, 0) is 0 Å². The van der Waals surface area contributed by atoms with Gasteiger partial charge in [0.25, 0.3) is 0 Å². The van der Waals surface area contributed by atoms with Crippen molar-refractivity contribution in [2.75, 3.05) is 0 Å². The second-order valence-corrected chi connectivity index (χ2v) is 4.18. The zero-order valence-corrected chi connectivity index (χ0v) is 10.3. The van der Waals surface area contributed by atoms with Crippen LogP contribution in [0.2, 0.25) is 0 Å². The lowest BCUT2D eigenvalue weighted by Crippen LogP contribution is -2.09. The lowest BCUT2D eigenvalue weighted by molar-refractivity contribution is 0.0693. The second-order valence-electron chi connectivity index (χ2n) is 4.18. The van der Waals surface area contributed by atoms with Crippen LogP contribution in [0.25, 0.3) is 0 Å². The van der Waals surface area contributed by atoms with Gasteiger partial charge in [-0.1, -0.05) is 30.3 Å². The number of aromatic hydroxyl groups is 1. The monoisotopic (exact) mass is 256 g/mol. The summed E-state index contributed by atoms with van der Waals surface area (Å²) in [7, 11) is 0. The lowest BCUT2D eigenvalue weighted by atomic mass is 9.97. The van der Waals surface area contributed by atoms with Gasteiger partial charge < -0.3 is 10.2 Å². The molecule has 0 aliphatic rings. The molecule has 0 fully saturated rings. The number of rotatable bonds is 3. The minimum Gasteiger partial charge on any atom is -0.508 e. The van der Waals surface area contributed by atoms with E-state index in [2.05, 4.69) is 0 Å². The highest BCUT2D eigenvalue weighted by molar-refractivity contribution is 6.14. The summed E-state index contributed by atoms with van der Waals surface area (Å²) in [6, 6.07) is 10.5. The Morgan fingerprint density at radius 3 is 2.21 bits per heavy atom. The molecule has 19 heavy (non-hydrogen) atoms. The van der Waals surface area contributed by atoms with Crippen molar-refractivity contribution in [3.63, 3.8) is 0 Å². The van der Waals surface area contributed by atoms with Gasteiger partial charge in [-0.15, -0.1) is 0 Å². The van der Waals surface area contributed by atoms with E-state index < -0.39 is 11.8 Å². The van der Waals surface area contributed by atoms with Crippen LogP contribution in [0.1, 0.15) is 31.8 Å². The Bertz CT molecular complexity index is 659. The van der Waals surface area contributed by atoms with Gasteiger partial charge in [0.1, 0.15) is 5.75 Å². The van der Waals surface area contributed by atoms with Crippen molar-refractivity contribution in [2.45, 2.75) is 6.92 Å². The van der Waals surface area contributed by atoms with Gasteiger partial charge in [0, 0.05) is 11.1 Å². The molecule has 0 bridgehead atoms. The highest BCUT2D eigenvalue weighted by Gasteiger charge is 2.17.